The molecule has 0 atom stereocenters. The van der Waals surface area contributed by atoms with E-state index in [9.17, 15) is 0 Å². The molecule has 10 heavy (non-hydrogen) atoms. The monoisotopic (exact) mass is 137 g/mol. The van der Waals surface area contributed by atoms with Crippen LogP contribution in [0.2, 0.25) is 0 Å². The van der Waals surface area contributed by atoms with Gasteiger partial charge in [-0.25, -0.2) is 0 Å². The average Bonchev–Trinajstić information content (AvgIpc) is 2.71. The second kappa shape index (κ2) is 4.35. The van der Waals surface area contributed by atoms with Gasteiger partial charge in [0.05, 0.1) is 6.54 Å². The van der Waals surface area contributed by atoms with Crippen LogP contribution in [0.25, 0.3) is 0 Å². The molecule has 0 aliphatic heterocycles. The second-order valence-electron chi connectivity index (χ2n) is 2.84. The molecule has 0 bridgehead atoms. The van der Waals surface area contributed by atoms with Crippen molar-refractivity contribution in [3.8, 4) is 11.8 Å². The summed E-state index contributed by atoms with van der Waals surface area (Å²) in [4.78, 5) is 0. The van der Waals surface area contributed by atoms with Gasteiger partial charge in [-0.3, -0.25) is 0 Å². The number of hydrogen-bond acceptors (Lipinski definition) is 1. The van der Waals surface area contributed by atoms with E-state index in [2.05, 4.69) is 17.2 Å². The van der Waals surface area contributed by atoms with E-state index in [1.165, 1.54) is 19.3 Å². The number of rotatable bonds is 4. The van der Waals surface area contributed by atoms with Crippen LogP contribution in [-0.2, 0) is 0 Å². The second-order valence-corrected chi connectivity index (χ2v) is 2.84. The highest BCUT2D eigenvalue weighted by Gasteiger charge is 2.19. The lowest BCUT2D eigenvalue weighted by Gasteiger charge is -1.96. The Bertz CT molecular complexity index is 137. The molecule has 1 aliphatic rings. The molecule has 0 radical (unpaired) electrons. The fraction of sp³-hybridized carbons (Fsp3) is 0.778. The maximum atomic E-state index is 3.28. The fourth-order valence-corrected chi connectivity index (χ4v) is 0.952. The van der Waals surface area contributed by atoms with Gasteiger partial charge in [0.2, 0.25) is 0 Å². The molecule has 0 heterocycles. The van der Waals surface area contributed by atoms with E-state index in [0.29, 0.717) is 0 Å². The van der Waals surface area contributed by atoms with E-state index in [1.807, 2.05) is 6.92 Å². The first kappa shape index (κ1) is 7.63. The molecule has 56 valence electrons. The minimum absolute atomic E-state index is 0.864. The summed E-state index contributed by atoms with van der Waals surface area (Å²) in [6.07, 6.45) is 4.27. The Morgan fingerprint density at radius 1 is 1.50 bits per heavy atom. The van der Waals surface area contributed by atoms with Crippen LogP contribution >= 0.6 is 0 Å². The molecule has 1 heteroatoms. The molecule has 0 spiro atoms. The van der Waals surface area contributed by atoms with Crippen LogP contribution in [0, 0.1) is 17.8 Å². The molecule has 0 aromatic heterocycles. The lowest BCUT2D eigenvalue weighted by Crippen LogP contribution is -2.15. The van der Waals surface area contributed by atoms with Crippen LogP contribution < -0.4 is 5.32 Å². The smallest absolute Gasteiger partial charge is 0.0576 e. The topological polar surface area (TPSA) is 12.0 Å². The van der Waals surface area contributed by atoms with Gasteiger partial charge in [0, 0.05) is 0 Å². The summed E-state index contributed by atoms with van der Waals surface area (Å²) in [5.74, 6) is 6.88. The first-order valence-electron chi connectivity index (χ1n) is 4.04. The zero-order chi connectivity index (χ0) is 7.23. The number of nitrogens with one attached hydrogen (secondary N) is 1. The van der Waals surface area contributed by atoms with Crippen molar-refractivity contribution in [1.29, 1.82) is 0 Å². The van der Waals surface area contributed by atoms with Crippen molar-refractivity contribution >= 4 is 0 Å². The lowest BCUT2D eigenvalue weighted by atomic mass is 10.3. The highest BCUT2D eigenvalue weighted by molar-refractivity contribution is 4.96. The molecule has 0 saturated heterocycles. The molecule has 1 fully saturated rings. The van der Waals surface area contributed by atoms with Gasteiger partial charge in [-0.2, -0.15) is 0 Å². The summed E-state index contributed by atoms with van der Waals surface area (Å²) in [6, 6.07) is 0. The zero-order valence-electron chi connectivity index (χ0n) is 6.61. The van der Waals surface area contributed by atoms with E-state index in [0.717, 1.165) is 19.0 Å². The summed E-state index contributed by atoms with van der Waals surface area (Å²) < 4.78 is 0. The molecule has 0 unspecified atom stereocenters. The molecule has 0 aromatic rings. The van der Waals surface area contributed by atoms with Crippen molar-refractivity contribution in [2.75, 3.05) is 13.1 Å². The third-order valence-electron chi connectivity index (χ3n) is 1.82. The minimum atomic E-state index is 0.864. The zero-order valence-corrected chi connectivity index (χ0v) is 6.61. The van der Waals surface area contributed by atoms with Crippen LogP contribution in [0.4, 0.5) is 0 Å². The van der Waals surface area contributed by atoms with E-state index >= 15 is 0 Å². The van der Waals surface area contributed by atoms with Gasteiger partial charge >= 0.3 is 0 Å². The van der Waals surface area contributed by atoms with Crippen LogP contribution in [0.3, 0.4) is 0 Å². The first-order valence-corrected chi connectivity index (χ1v) is 4.04. The quantitative estimate of drug-likeness (QED) is 0.456. The molecule has 1 N–H and O–H groups in total. The van der Waals surface area contributed by atoms with E-state index in [4.69, 9.17) is 0 Å². The Morgan fingerprint density at radius 3 is 2.90 bits per heavy atom. The molecular formula is C9H15N. The van der Waals surface area contributed by atoms with Gasteiger partial charge in [-0.1, -0.05) is 18.8 Å². The first-order chi connectivity index (χ1) is 4.93. The van der Waals surface area contributed by atoms with Crippen molar-refractivity contribution in [3.63, 3.8) is 0 Å². The summed E-state index contributed by atoms with van der Waals surface area (Å²) in [5, 5.41) is 3.28. The maximum Gasteiger partial charge on any atom is 0.0576 e. The Labute approximate surface area is 63.2 Å². The van der Waals surface area contributed by atoms with Gasteiger partial charge in [-0.15, -0.1) is 5.92 Å². The van der Waals surface area contributed by atoms with Gasteiger partial charge in [0.15, 0.2) is 0 Å². The van der Waals surface area contributed by atoms with Crippen molar-refractivity contribution in [1.82, 2.24) is 5.32 Å². The van der Waals surface area contributed by atoms with E-state index in [-0.39, 0.29) is 0 Å². The predicted octanol–water partition coefficient (Wildman–Crippen LogP) is 1.40. The van der Waals surface area contributed by atoms with Gasteiger partial charge in [0.1, 0.15) is 0 Å². The maximum absolute atomic E-state index is 3.28. The van der Waals surface area contributed by atoms with Crippen LogP contribution in [0.15, 0.2) is 0 Å². The highest BCUT2D eigenvalue weighted by atomic mass is 14.8. The van der Waals surface area contributed by atoms with Crippen molar-refractivity contribution in [2.45, 2.75) is 26.2 Å². The lowest BCUT2D eigenvalue weighted by molar-refractivity contribution is 0.648. The van der Waals surface area contributed by atoms with Crippen LogP contribution in [0.1, 0.15) is 26.2 Å². The summed E-state index contributed by atoms with van der Waals surface area (Å²) >= 11 is 0. The molecule has 1 aliphatic carbocycles. The van der Waals surface area contributed by atoms with Crippen molar-refractivity contribution in [2.24, 2.45) is 5.92 Å². The Balaban J connectivity index is 1.79. The fourth-order valence-electron chi connectivity index (χ4n) is 0.952. The number of hydrogen-bond donors (Lipinski definition) is 1. The summed E-state index contributed by atoms with van der Waals surface area (Å²) in [7, 11) is 0. The normalized spacial score (nSPS) is 16.1. The average molecular weight is 137 g/mol. The SMILES string of the molecule is CC#CCNCCC1CC1. The minimum Gasteiger partial charge on any atom is -0.306 e. The molecule has 0 aromatic carbocycles. The largest absolute Gasteiger partial charge is 0.306 e. The third kappa shape index (κ3) is 3.53. The highest BCUT2D eigenvalue weighted by Crippen LogP contribution is 2.31. The molecule has 1 saturated carbocycles. The third-order valence-corrected chi connectivity index (χ3v) is 1.82. The Hall–Kier alpha value is -0.480. The van der Waals surface area contributed by atoms with Gasteiger partial charge in [-0.05, 0) is 25.8 Å². The molecule has 1 nitrogen and oxygen atoms in total. The van der Waals surface area contributed by atoms with E-state index < -0.39 is 0 Å². The summed E-state index contributed by atoms with van der Waals surface area (Å²) in [5.41, 5.74) is 0. The molecule has 1 rings (SSSR count). The van der Waals surface area contributed by atoms with E-state index in [1.54, 1.807) is 0 Å². The predicted molar refractivity (Wildman–Crippen MR) is 43.7 cm³/mol. The Morgan fingerprint density at radius 2 is 2.30 bits per heavy atom. The molecule has 0 amide bonds. The van der Waals surface area contributed by atoms with Crippen molar-refractivity contribution < 1.29 is 0 Å². The van der Waals surface area contributed by atoms with Gasteiger partial charge in [0.25, 0.3) is 0 Å². The Kier molecular flexibility index (Phi) is 3.32. The van der Waals surface area contributed by atoms with Crippen LogP contribution in [0.5, 0.6) is 0 Å². The van der Waals surface area contributed by atoms with Crippen LogP contribution in [-0.4, -0.2) is 13.1 Å². The molecular weight excluding hydrogens is 122 g/mol. The standard InChI is InChI=1S/C9H15N/c1-2-3-7-10-8-6-9-4-5-9/h9-10H,4-8H2,1H3. The van der Waals surface area contributed by atoms with Crippen molar-refractivity contribution in [3.05, 3.63) is 0 Å². The van der Waals surface area contributed by atoms with Gasteiger partial charge < -0.3 is 5.32 Å². The summed E-state index contributed by atoms with van der Waals surface area (Å²) in [6.45, 7) is 3.89.